The summed E-state index contributed by atoms with van der Waals surface area (Å²) < 4.78 is 0. The first kappa shape index (κ1) is 9.00. The van der Waals surface area contributed by atoms with Crippen LogP contribution >= 0.6 is 7.92 Å². The van der Waals surface area contributed by atoms with Crippen molar-refractivity contribution < 1.29 is 0 Å². The molecule has 0 aromatic heterocycles. The van der Waals surface area contributed by atoms with Crippen LogP contribution < -0.4 is 0 Å². The SMILES string of the molecule is CCP(CC)C12CCC(CC1)C2. The van der Waals surface area contributed by atoms with E-state index in [-0.39, 0.29) is 0 Å². The van der Waals surface area contributed by atoms with Gasteiger partial charge in [0.25, 0.3) is 0 Å². The van der Waals surface area contributed by atoms with Crippen molar-refractivity contribution in [2.45, 2.75) is 51.1 Å². The summed E-state index contributed by atoms with van der Waals surface area (Å²) in [4.78, 5) is 0. The van der Waals surface area contributed by atoms with Crippen LogP contribution in [0.3, 0.4) is 0 Å². The van der Waals surface area contributed by atoms with E-state index in [0.29, 0.717) is 7.92 Å². The zero-order valence-corrected chi connectivity index (χ0v) is 9.37. The van der Waals surface area contributed by atoms with Gasteiger partial charge >= 0.3 is 0 Å². The summed E-state index contributed by atoms with van der Waals surface area (Å²) in [5.74, 6) is 1.15. The van der Waals surface area contributed by atoms with Crippen molar-refractivity contribution in [1.82, 2.24) is 0 Å². The largest absolute Gasteiger partial charge is 0.101 e. The highest BCUT2D eigenvalue weighted by molar-refractivity contribution is 7.59. The lowest BCUT2D eigenvalue weighted by atomic mass is 10.0. The minimum atomic E-state index is 0.400. The molecule has 0 N–H and O–H groups in total. The van der Waals surface area contributed by atoms with E-state index in [4.69, 9.17) is 0 Å². The van der Waals surface area contributed by atoms with Crippen LogP contribution in [0.15, 0.2) is 0 Å². The molecule has 0 amide bonds. The quantitative estimate of drug-likeness (QED) is 0.584. The molecule has 2 fully saturated rings. The summed E-state index contributed by atoms with van der Waals surface area (Å²) >= 11 is 0. The van der Waals surface area contributed by atoms with E-state index in [1.807, 2.05) is 0 Å². The maximum absolute atomic E-state index is 2.41. The summed E-state index contributed by atoms with van der Waals surface area (Å²) in [5.41, 5.74) is 0. The molecule has 0 atom stereocenters. The Hall–Kier alpha value is 0.430. The fraction of sp³-hybridized carbons (Fsp3) is 1.00. The Labute approximate surface area is 77.9 Å². The highest BCUT2D eigenvalue weighted by Gasteiger charge is 2.47. The van der Waals surface area contributed by atoms with Crippen LogP contribution in [0.5, 0.6) is 0 Å². The maximum atomic E-state index is 2.41. The van der Waals surface area contributed by atoms with Crippen LogP contribution in [0.1, 0.15) is 46.0 Å². The molecule has 2 aliphatic rings. The minimum absolute atomic E-state index is 0.400. The molecule has 0 unspecified atom stereocenters. The third-order valence-electron chi connectivity index (χ3n) is 4.14. The molecule has 70 valence electrons. The lowest BCUT2D eigenvalue weighted by Crippen LogP contribution is -2.21. The normalized spacial score (nSPS) is 39.8. The summed E-state index contributed by atoms with van der Waals surface area (Å²) in [6, 6.07) is 0. The van der Waals surface area contributed by atoms with Gasteiger partial charge in [0.2, 0.25) is 0 Å². The van der Waals surface area contributed by atoms with Gasteiger partial charge in [-0.05, 0) is 55.5 Å². The third kappa shape index (κ3) is 1.23. The molecular formula is C11H21P. The van der Waals surface area contributed by atoms with Gasteiger partial charge < -0.3 is 0 Å². The van der Waals surface area contributed by atoms with Crippen molar-refractivity contribution in [2.75, 3.05) is 12.3 Å². The van der Waals surface area contributed by atoms with E-state index in [1.165, 1.54) is 12.3 Å². The summed E-state index contributed by atoms with van der Waals surface area (Å²) in [6.45, 7) is 4.82. The molecule has 2 aliphatic carbocycles. The topological polar surface area (TPSA) is 0 Å². The van der Waals surface area contributed by atoms with Gasteiger partial charge in [-0.1, -0.05) is 13.8 Å². The van der Waals surface area contributed by atoms with Gasteiger partial charge in [0, 0.05) is 0 Å². The van der Waals surface area contributed by atoms with Crippen LogP contribution in [0.2, 0.25) is 0 Å². The summed E-state index contributed by atoms with van der Waals surface area (Å²) in [6.07, 6.45) is 10.9. The fourth-order valence-corrected chi connectivity index (χ4v) is 6.70. The zero-order chi connectivity index (χ0) is 8.60. The average Bonchev–Trinajstić information content (AvgIpc) is 2.66. The minimum Gasteiger partial charge on any atom is -0.101 e. The smallest absolute Gasteiger partial charge is 0.00917 e. The predicted octanol–water partition coefficient (Wildman–Crippen LogP) is 3.84. The van der Waals surface area contributed by atoms with Crippen LogP contribution in [0.4, 0.5) is 0 Å². The van der Waals surface area contributed by atoms with Crippen LogP contribution in [-0.2, 0) is 0 Å². The van der Waals surface area contributed by atoms with Crippen LogP contribution in [0, 0.1) is 5.92 Å². The molecule has 2 saturated carbocycles. The summed E-state index contributed by atoms with van der Waals surface area (Å²) in [5, 5.41) is 0.892. The van der Waals surface area contributed by atoms with E-state index in [0.717, 1.165) is 11.1 Å². The number of hydrogen-bond acceptors (Lipinski definition) is 0. The Kier molecular flexibility index (Phi) is 2.47. The van der Waals surface area contributed by atoms with Crippen LogP contribution in [0.25, 0.3) is 0 Å². The Morgan fingerprint density at radius 2 is 1.75 bits per heavy atom. The molecule has 2 rings (SSSR count). The lowest BCUT2D eigenvalue weighted by molar-refractivity contribution is 0.496. The Morgan fingerprint density at radius 1 is 1.17 bits per heavy atom. The van der Waals surface area contributed by atoms with Gasteiger partial charge in [-0.25, -0.2) is 0 Å². The number of hydrogen-bond donors (Lipinski definition) is 0. The van der Waals surface area contributed by atoms with Gasteiger partial charge in [-0.2, -0.15) is 0 Å². The monoisotopic (exact) mass is 184 g/mol. The molecule has 0 aromatic rings. The molecular weight excluding hydrogens is 163 g/mol. The lowest BCUT2D eigenvalue weighted by Gasteiger charge is -2.35. The highest BCUT2D eigenvalue weighted by atomic mass is 31.1. The van der Waals surface area contributed by atoms with Gasteiger partial charge in [-0.3, -0.25) is 0 Å². The van der Waals surface area contributed by atoms with Crippen molar-refractivity contribution in [1.29, 1.82) is 0 Å². The standard InChI is InChI=1S/C11H21P/c1-3-12(4-2)11-7-5-10(9-11)6-8-11/h10H,3-9H2,1-2H3. The number of fused-ring (bicyclic) bond motifs is 2. The molecule has 0 spiro atoms. The summed E-state index contributed by atoms with van der Waals surface area (Å²) in [7, 11) is 0.400. The van der Waals surface area contributed by atoms with E-state index >= 15 is 0 Å². The van der Waals surface area contributed by atoms with Gasteiger partial charge in [0.1, 0.15) is 0 Å². The average molecular weight is 184 g/mol. The van der Waals surface area contributed by atoms with Crippen molar-refractivity contribution in [3.05, 3.63) is 0 Å². The second kappa shape index (κ2) is 3.29. The zero-order valence-electron chi connectivity index (χ0n) is 8.47. The van der Waals surface area contributed by atoms with Crippen molar-refractivity contribution in [2.24, 2.45) is 5.92 Å². The van der Waals surface area contributed by atoms with E-state index in [1.54, 1.807) is 32.1 Å². The highest BCUT2D eigenvalue weighted by Crippen LogP contribution is 2.65. The predicted molar refractivity (Wildman–Crippen MR) is 57.3 cm³/mol. The Bertz CT molecular complexity index is 152. The first-order chi connectivity index (χ1) is 5.80. The van der Waals surface area contributed by atoms with Crippen molar-refractivity contribution in [3.63, 3.8) is 0 Å². The molecule has 1 heteroatoms. The van der Waals surface area contributed by atoms with Crippen LogP contribution in [-0.4, -0.2) is 17.5 Å². The molecule has 0 radical (unpaired) electrons. The first-order valence-electron chi connectivity index (χ1n) is 5.56. The molecule has 0 heterocycles. The second-order valence-corrected chi connectivity index (χ2v) is 7.84. The molecule has 0 saturated heterocycles. The molecule has 2 bridgehead atoms. The second-order valence-electron chi connectivity index (χ2n) is 4.54. The fourth-order valence-electron chi connectivity index (χ4n) is 3.50. The Morgan fingerprint density at radius 3 is 2.08 bits per heavy atom. The molecule has 0 aromatic carbocycles. The van der Waals surface area contributed by atoms with Gasteiger partial charge in [-0.15, -0.1) is 7.92 Å². The third-order valence-corrected chi connectivity index (χ3v) is 7.64. The molecule has 12 heavy (non-hydrogen) atoms. The van der Waals surface area contributed by atoms with E-state index in [2.05, 4.69) is 13.8 Å². The Balaban J connectivity index is 2.09. The van der Waals surface area contributed by atoms with E-state index < -0.39 is 0 Å². The molecule has 0 nitrogen and oxygen atoms in total. The number of rotatable bonds is 3. The van der Waals surface area contributed by atoms with Crippen molar-refractivity contribution >= 4 is 7.92 Å². The van der Waals surface area contributed by atoms with E-state index in [9.17, 15) is 0 Å². The first-order valence-corrected chi connectivity index (χ1v) is 7.27. The maximum Gasteiger partial charge on any atom is -0.00917 e. The van der Waals surface area contributed by atoms with Gasteiger partial charge in [0.15, 0.2) is 0 Å². The van der Waals surface area contributed by atoms with Crippen molar-refractivity contribution in [3.8, 4) is 0 Å². The molecule has 0 aliphatic heterocycles. The van der Waals surface area contributed by atoms with Gasteiger partial charge in [0.05, 0.1) is 0 Å².